The molecule has 2 amide bonds. The second-order valence-electron chi connectivity index (χ2n) is 20.5. The third-order valence-electron chi connectivity index (χ3n) is 15.0. The summed E-state index contributed by atoms with van der Waals surface area (Å²) in [6.07, 6.45) is 8.37. The number of nitrogens with zero attached hydrogens (tertiary/aromatic N) is 2. The number of esters is 3. The number of methoxy groups -OCH3 is 4. The summed E-state index contributed by atoms with van der Waals surface area (Å²) >= 11 is 0. The number of aryl methyl sites for hydroxylation is 3. The minimum atomic E-state index is -0.592. The molecule has 0 aliphatic carbocycles. The zero-order valence-corrected chi connectivity index (χ0v) is 49.0. The molecular weight excluding hydrogens is 1070 g/mol. The lowest BCUT2D eigenvalue weighted by Gasteiger charge is -2.18. The first-order chi connectivity index (χ1) is 40.3. The molecular formula is C65H72N6O13. The second kappa shape index (κ2) is 28.5. The molecule has 0 saturated carbocycles. The van der Waals surface area contributed by atoms with Crippen LogP contribution in [0.2, 0.25) is 0 Å². The number of H-pyrrole nitrogens is 2. The van der Waals surface area contributed by atoms with E-state index in [1.165, 1.54) is 64.9 Å². The molecule has 2 unspecified atom stereocenters. The van der Waals surface area contributed by atoms with Crippen molar-refractivity contribution in [3.8, 4) is 23.0 Å². The summed E-state index contributed by atoms with van der Waals surface area (Å²) in [5.41, 5.74) is 11.7. The number of ether oxygens (including phenoxy) is 5. The van der Waals surface area contributed by atoms with Crippen molar-refractivity contribution < 1.29 is 62.4 Å². The van der Waals surface area contributed by atoms with E-state index >= 15 is 0 Å². The predicted octanol–water partition coefficient (Wildman–Crippen LogP) is 10.00. The van der Waals surface area contributed by atoms with Gasteiger partial charge in [0.1, 0.15) is 0 Å². The summed E-state index contributed by atoms with van der Waals surface area (Å²) in [7, 11) is 5.44. The maximum Gasteiger partial charge on any atom is 0.311 e. The first-order valence-electron chi connectivity index (χ1n) is 27.8. The van der Waals surface area contributed by atoms with Crippen LogP contribution in [0, 0.1) is 13.8 Å². The average molecular weight is 1150 g/mol. The molecule has 5 N–H and O–H groups in total. The largest absolute Gasteiger partial charge is 0.504 e. The molecule has 2 aliphatic rings. The number of benzene rings is 2. The molecule has 0 spiro atoms. The zero-order chi connectivity index (χ0) is 60.8. The van der Waals surface area contributed by atoms with Crippen LogP contribution in [0.1, 0.15) is 139 Å². The van der Waals surface area contributed by atoms with Gasteiger partial charge in [0.15, 0.2) is 34.6 Å². The van der Waals surface area contributed by atoms with Gasteiger partial charge in [-0.25, -0.2) is 4.98 Å². The van der Waals surface area contributed by atoms with E-state index in [1.54, 1.807) is 24.3 Å². The highest BCUT2D eigenvalue weighted by molar-refractivity contribution is 6.27. The highest BCUT2D eigenvalue weighted by atomic mass is 16.6. The number of allylic oxidation sites excluding steroid dienone is 3. The fourth-order valence-electron chi connectivity index (χ4n) is 10.3. The summed E-state index contributed by atoms with van der Waals surface area (Å²) in [5.74, 6) is -3.21. The molecule has 7 rings (SSSR count). The molecule has 2 aliphatic heterocycles. The number of hydrogen-bond donors (Lipinski definition) is 5. The van der Waals surface area contributed by atoms with Gasteiger partial charge in [-0.05, 0) is 134 Å². The van der Waals surface area contributed by atoms with Crippen LogP contribution in [0.5, 0.6) is 23.0 Å². The number of carbonyl (C=O) groups excluding carboxylic acids is 7. The Hall–Kier alpha value is -9.39. The van der Waals surface area contributed by atoms with E-state index < -0.39 is 35.4 Å². The fraction of sp³-hybridized carbons (Fsp3) is 0.338. The van der Waals surface area contributed by atoms with Gasteiger partial charge < -0.3 is 49.4 Å². The van der Waals surface area contributed by atoms with Crippen molar-refractivity contribution in [3.05, 3.63) is 135 Å². The van der Waals surface area contributed by atoms with Crippen LogP contribution < -0.4 is 24.8 Å². The van der Waals surface area contributed by atoms with E-state index in [0.717, 1.165) is 44.3 Å². The van der Waals surface area contributed by atoms with Crippen molar-refractivity contribution in [3.63, 3.8) is 0 Å². The standard InChI is InChI=1S/C65H72N6O13/c1-11-44-36(3)48-33-50-38(5)46(23-26-59(76)82-9)63(70-50)47(32-61(78)83-10)64-62(39(6)51(71-64)35-53-45(12-2)37(4)49(69-53)34-52(44)68-48)65(79)67-28-14-27-66-58(75)15-13-16-60(77)84-55-25-20-41(30-57(55)81-8)18-22-43(73)31-42(72)21-17-40-19-24-54(74)56(29-40)80-7/h11,17-22,24-25,29-30,33-35,38,46,68-69,74H,1,12-16,23,26-28,31-32H2,2-10H3,(H,66,75)(H,67,79)/b21-17+,22-18+,48-33?,49-34?,50-33?,51-35?,52-34?,53-35?,63-47?,64-47?. The van der Waals surface area contributed by atoms with Crippen molar-refractivity contribution in [1.29, 1.82) is 0 Å². The maximum atomic E-state index is 14.6. The number of fused-ring (bicyclic) bond motifs is 8. The van der Waals surface area contributed by atoms with E-state index in [-0.39, 0.29) is 104 Å². The highest BCUT2D eigenvalue weighted by Crippen LogP contribution is 2.44. The number of hydrogen-bond acceptors (Lipinski definition) is 15. The summed E-state index contributed by atoms with van der Waals surface area (Å²) in [6, 6.07) is 15.3. The van der Waals surface area contributed by atoms with E-state index in [2.05, 4.69) is 47.1 Å². The van der Waals surface area contributed by atoms with Crippen LogP contribution in [-0.4, -0.2) is 108 Å². The van der Waals surface area contributed by atoms with Crippen molar-refractivity contribution >= 4 is 92.7 Å². The molecule has 0 saturated heterocycles. The van der Waals surface area contributed by atoms with Crippen LogP contribution in [-0.2, 0) is 55.9 Å². The number of carbonyl (C=O) groups is 7. The van der Waals surface area contributed by atoms with Crippen LogP contribution >= 0.6 is 0 Å². The SMILES string of the molecule is C=Cc1c(C)c2cc3nc(c(CC(=O)OC)c4nc(cc5[nH]c(cc1[nH]2)c(C)c5CC)C(C)=C4C(=O)NCCCNC(=O)CCCC(=O)Oc1ccc(/C=C/C(=O)CC(=O)/C=C/c2ccc(O)c(OC)c2)cc1OC)C(CCC(=O)OC)C3C. The Morgan fingerprint density at radius 2 is 1.35 bits per heavy atom. The summed E-state index contributed by atoms with van der Waals surface area (Å²) < 4.78 is 26.4. The average Bonchev–Trinajstić information content (AvgIpc) is 4.30. The minimum Gasteiger partial charge on any atom is -0.504 e. The van der Waals surface area contributed by atoms with Gasteiger partial charge in [-0.15, -0.1) is 0 Å². The Morgan fingerprint density at radius 3 is 2.01 bits per heavy atom. The topological polar surface area (TPSA) is 267 Å². The van der Waals surface area contributed by atoms with Gasteiger partial charge in [0, 0.05) is 83.1 Å². The molecule has 440 valence electrons. The van der Waals surface area contributed by atoms with E-state index in [1.807, 2.05) is 39.0 Å². The fourth-order valence-corrected chi connectivity index (χ4v) is 10.3. The van der Waals surface area contributed by atoms with E-state index in [9.17, 15) is 38.7 Å². The lowest BCUT2D eigenvalue weighted by Crippen LogP contribution is -2.30. The van der Waals surface area contributed by atoms with Crippen LogP contribution in [0.4, 0.5) is 0 Å². The third-order valence-corrected chi connectivity index (χ3v) is 15.0. The quantitative estimate of drug-likeness (QED) is 0.0120. The molecule has 8 bridgehead atoms. The number of phenolic OH excluding ortho intramolecular Hbond substituents is 1. The molecule has 0 fully saturated rings. The molecule has 84 heavy (non-hydrogen) atoms. The number of aromatic hydroxyl groups is 1. The lowest BCUT2D eigenvalue weighted by atomic mass is 9.84. The maximum absolute atomic E-state index is 14.6. The number of rotatable bonds is 25. The van der Waals surface area contributed by atoms with Crippen LogP contribution in [0.25, 0.3) is 51.4 Å². The number of aromatic amines is 2. The molecule has 2 atom stereocenters. The molecule has 0 radical (unpaired) electrons. The molecule has 3 aromatic heterocycles. The monoisotopic (exact) mass is 1140 g/mol. The number of phenols is 1. The Balaban J connectivity index is 1.01. The third kappa shape index (κ3) is 15.0. The van der Waals surface area contributed by atoms with Gasteiger partial charge in [-0.3, -0.25) is 38.5 Å². The van der Waals surface area contributed by atoms with Gasteiger partial charge in [0.25, 0.3) is 5.91 Å². The van der Waals surface area contributed by atoms with Crippen molar-refractivity contribution in [2.24, 2.45) is 0 Å². The van der Waals surface area contributed by atoms with Gasteiger partial charge in [0.2, 0.25) is 5.91 Å². The Bertz CT molecular complexity index is 3680. The molecule has 19 heteroatoms. The molecule has 5 heterocycles. The first-order valence-corrected chi connectivity index (χ1v) is 27.8. The Labute approximate surface area is 487 Å². The van der Waals surface area contributed by atoms with Gasteiger partial charge in [0.05, 0.1) is 63.9 Å². The van der Waals surface area contributed by atoms with Crippen molar-refractivity contribution in [2.45, 2.75) is 104 Å². The minimum absolute atomic E-state index is 0.0289. The summed E-state index contributed by atoms with van der Waals surface area (Å²) in [5, 5.41) is 15.6. The van der Waals surface area contributed by atoms with Crippen LogP contribution in [0.15, 0.2) is 73.3 Å². The smallest absolute Gasteiger partial charge is 0.311 e. The van der Waals surface area contributed by atoms with Gasteiger partial charge >= 0.3 is 17.9 Å². The zero-order valence-electron chi connectivity index (χ0n) is 49.0. The van der Waals surface area contributed by atoms with Crippen molar-refractivity contribution in [1.82, 2.24) is 30.6 Å². The van der Waals surface area contributed by atoms with Crippen molar-refractivity contribution in [2.75, 3.05) is 41.5 Å². The first kappa shape index (κ1) is 62.2. The van der Waals surface area contributed by atoms with E-state index in [0.29, 0.717) is 58.6 Å². The molecule has 2 aromatic carbocycles. The van der Waals surface area contributed by atoms with Gasteiger partial charge in [-0.2, -0.15) is 0 Å². The summed E-state index contributed by atoms with van der Waals surface area (Å²) in [6.45, 7) is 14.5. The van der Waals surface area contributed by atoms with Gasteiger partial charge in [-0.1, -0.05) is 50.8 Å². The Morgan fingerprint density at radius 1 is 0.690 bits per heavy atom. The molecule has 19 nitrogen and oxygen atoms in total. The normalized spacial score (nSPS) is 13.9. The number of aromatic nitrogens is 4. The van der Waals surface area contributed by atoms with Crippen LogP contribution in [0.3, 0.4) is 0 Å². The lowest BCUT2D eigenvalue weighted by molar-refractivity contribution is -0.141. The second-order valence-corrected chi connectivity index (χ2v) is 20.5. The number of nitrogens with one attached hydrogen (secondary N) is 4. The molecule has 5 aromatic rings. The number of ketones is 2. The van der Waals surface area contributed by atoms with E-state index in [4.69, 9.17) is 33.7 Å². The summed E-state index contributed by atoms with van der Waals surface area (Å²) in [4.78, 5) is 109. The predicted molar refractivity (Wildman–Crippen MR) is 321 cm³/mol. The number of amides is 2. The highest BCUT2D eigenvalue weighted by Gasteiger charge is 2.36. The Kier molecular flexibility index (Phi) is 21.1.